The number of anilines is 1. The van der Waals surface area contributed by atoms with Crippen molar-refractivity contribution >= 4 is 11.9 Å². The Bertz CT molecular complexity index is 269. The van der Waals surface area contributed by atoms with Gasteiger partial charge in [0.15, 0.2) is 0 Å². The summed E-state index contributed by atoms with van der Waals surface area (Å²) in [6.45, 7) is 2.12. The van der Waals surface area contributed by atoms with E-state index in [2.05, 4.69) is 15.2 Å². The van der Waals surface area contributed by atoms with Gasteiger partial charge in [0, 0.05) is 13.1 Å². The minimum Gasteiger partial charge on any atom is -0.450 e. The number of hydrogen-bond acceptors (Lipinski definition) is 3. The second kappa shape index (κ2) is 3.75. The number of aryl methyl sites for hydroxylation is 1. The van der Waals surface area contributed by atoms with Gasteiger partial charge in [0.2, 0.25) is 0 Å². The van der Waals surface area contributed by atoms with Crippen molar-refractivity contribution in [1.29, 1.82) is 0 Å². The van der Waals surface area contributed by atoms with Crippen LogP contribution in [0.1, 0.15) is 6.92 Å². The molecular weight excluding hydrogens is 158 g/mol. The molecule has 0 bridgehead atoms. The fourth-order valence-electron chi connectivity index (χ4n) is 0.768. The van der Waals surface area contributed by atoms with Gasteiger partial charge >= 0.3 is 6.09 Å². The molecule has 0 radical (unpaired) electrons. The lowest BCUT2D eigenvalue weighted by atomic mass is 10.6. The van der Waals surface area contributed by atoms with Crippen molar-refractivity contribution in [1.82, 2.24) is 9.78 Å². The Kier molecular flexibility index (Phi) is 2.68. The molecule has 1 aromatic heterocycles. The first kappa shape index (κ1) is 8.58. The lowest BCUT2D eigenvalue weighted by Gasteiger charge is -2.03. The van der Waals surface area contributed by atoms with Crippen molar-refractivity contribution in [3.8, 4) is 0 Å². The van der Waals surface area contributed by atoms with E-state index in [4.69, 9.17) is 0 Å². The molecule has 1 amide bonds. The van der Waals surface area contributed by atoms with Crippen LogP contribution in [0, 0.1) is 0 Å². The largest absolute Gasteiger partial charge is 0.450 e. The van der Waals surface area contributed by atoms with E-state index in [1.165, 1.54) is 0 Å². The molecule has 5 heteroatoms. The topological polar surface area (TPSA) is 56.1 Å². The fraction of sp³-hybridized carbons (Fsp3) is 0.429. The molecular formula is C7H11N3O2. The molecule has 1 heterocycles. The van der Waals surface area contributed by atoms with Crippen molar-refractivity contribution in [2.75, 3.05) is 11.9 Å². The summed E-state index contributed by atoms with van der Waals surface area (Å²) in [7, 11) is 1.74. The molecule has 1 rings (SSSR count). The predicted molar refractivity (Wildman–Crippen MR) is 43.9 cm³/mol. The molecule has 0 aromatic carbocycles. The number of nitrogens with zero attached hydrogens (tertiary/aromatic N) is 2. The van der Waals surface area contributed by atoms with Crippen LogP contribution in [0.2, 0.25) is 0 Å². The van der Waals surface area contributed by atoms with Crippen LogP contribution in [0.15, 0.2) is 12.3 Å². The summed E-state index contributed by atoms with van der Waals surface area (Å²) in [5, 5.41) is 6.41. The highest BCUT2D eigenvalue weighted by Crippen LogP contribution is 2.03. The Balaban J connectivity index is 2.52. The molecule has 0 aliphatic carbocycles. The minimum atomic E-state index is -0.457. The van der Waals surface area contributed by atoms with Crippen LogP contribution in [0.5, 0.6) is 0 Å². The third-order valence-electron chi connectivity index (χ3n) is 1.33. The van der Waals surface area contributed by atoms with Crippen LogP contribution in [0.3, 0.4) is 0 Å². The van der Waals surface area contributed by atoms with E-state index in [0.29, 0.717) is 12.4 Å². The van der Waals surface area contributed by atoms with E-state index >= 15 is 0 Å². The predicted octanol–water partition coefficient (Wildman–Crippen LogP) is 0.988. The highest BCUT2D eigenvalue weighted by atomic mass is 16.5. The van der Waals surface area contributed by atoms with Crippen molar-refractivity contribution in [2.45, 2.75) is 6.92 Å². The molecule has 0 saturated heterocycles. The summed E-state index contributed by atoms with van der Waals surface area (Å²) < 4.78 is 6.23. The number of nitrogens with one attached hydrogen (secondary N) is 1. The average Bonchev–Trinajstić information content (AvgIpc) is 2.37. The molecule has 0 fully saturated rings. The van der Waals surface area contributed by atoms with Gasteiger partial charge < -0.3 is 4.74 Å². The Morgan fingerprint density at radius 3 is 3.08 bits per heavy atom. The van der Waals surface area contributed by atoms with Crippen LogP contribution in [-0.2, 0) is 11.8 Å². The van der Waals surface area contributed by atoms with E-state index in [9.17, 15) is 4.79 Å². The van der Waals surface area contributed by atoms with E-state index in [1.54, 1.807) is 30.9 Å². The summed E-state index contributed by atoms with van der Waals surface area (Å²) in [6, 6.07) is 1.69. The van der Waals surface area contributed by atoms with Crippen LogP contribution in [-0.4, -0.2) is 22.5 Å². The molecule has 0 spiro atoms. The quantitative estimate of drug-likeness (QED) is 0.718. The summed E-state index contributed by atoms with van der Waals surface area (Å²) >= 11 is 0. The molecule has 0 atom stereocenters. The SMILES string of the molecule is CCOC(=O)Nc1ccnn1C. The van der Waals surface area contributed by atoms with Gasteiger partial charge in [0.05, 0.1) is 12.8 Å². The molecule has 0 aliphatic rings. The number of hydrogen-bond donors (Lipinski definition) is 1. The Morgan fingerprint density at radius 2 is 2.58 bits per heavy atom. The van der Waals surface area contributed by atoms with Crippen molar-refractivity contribution in [3.05, 3.63) is 12.3 Å². The van der Waals surface area contributed by atoms with Crippen LogP contribution in [0.4, 0.5) is 10.6 Å². The zero-order valence-electron chi connectivity index (χ0n) is 7.07. The molecule has 12 heavy (non-hydrogen) atoms. The first-order valence-electron chi connectivity index (χ1n) is 3.66. The van der Waals surface area contributed by atoms with Gasteiger partial charge in [-0.2, -0.15) is 5.10 Å². The monoisotopic (exact) mass is 169 g/mol. The zero-order valence-corrected chi connectivity index (χ0v) is 7.07. The third kappa shape index (κ3) is 1.98. The van der Waals surface area contributed by atoms with Gasteiger partial charge in [-0.05, 0) is 6.92 Å². The second-order valence-electron chi connectivity index (χ2n) is 2.19. The van der Waals surface area contributed by atoms with Gasteiger partial charge in [0.25, 0.3) is 0 Å². The highest BCUT2D eigenvalue weighted by Gasteiger charge is 2.03. The van der Waals surface area contributed by atoms with Crippen LogP contribution >= 0.6 is 0 Å². The van der Waals surface area contributed by atoms with Gasteiger partial charge in [-0.1, -0.05) is 0 Å². The first-order valence-corrected chi connectivity index (χ1v) is 3.66. The summed E-state index contributed by atoms with van der Waals surface area (Å²) in [5.74, 6) is 0.619. The summed E-state index contributed by atoms with van der Waals surface area (Å²) in [4.78, 5) is 10.9. The normalized spacial score (nSPS) is 9.50. The maximum absolute atomic E-state index is 10.9. The number of aromatic nitrogens is 2. The molecule has 5 nitrogen and oxygen atoms in total. The molecule has 1 N–H and O–H groups in total. The third-order valence-corrected chi connectivity index (χ3v) is 1.33. The van der Waals surface area contributed by atoms with Crippen LogP contribution < -0.4 is 5.32 Å². The molecule has 0 aliphatic heterocycles. The Hall–Kier alpha value is -1.52. The van der Waals surface area contributed by atoms with Gasteiger partial charge in [0.1, 0.15) is 5.82 Å². The summed E-state index contributed by atoms with van der Waals surface area (Å²) in [5.41, 5.74) is 0. The smallest absolute Gasteiger partial charge is 0.412 e. The van der Waals surface area contributed by atoms with E-state index in [0.717, 1.165) is 0 Å². The Morgan fingerprint density at radius 1 is 1.83 bits per heavy atom. The zero-order chi connectivity index (χ0) is 8.97. The first-order chi connectivity index (χ1) is 5.74. The van der Waals surface area contributed by atoms with Crippen LogP contribution in [0.25, 0.3) is 0 Å². The molecule has 0 saturated carbocycles. The number of carbonyl (C=O) groups excluding carboxylic acids is 1. The lowest BCUT2D eigenvalue weighted by Crippen LogP contribution is -2.15. The fourth-order valence-corrected chi connectivity index (χ4v) is 0.768. The molecule has 0 unspecified atom stereocenters. The minimum absolute atomic E-state index is 0.365. The summed E-state index contributed by atoms with van der Waals surface area (Å²) in [6.07, 6.45) is 1.14. The van der Waals surface area contributed by atoms with Gasteiger partial charge in [-0.3, -0.25) is 10.00 Å². The number of ether oxygens (including phenoxy) is 1. The maximum atomic E-state index is 10.9. The van der Waals surface area contributed by atoms with Crippen molar-refractivity contribution < 1.29 is 9.53 Å². The van der Waals surface area contributed by atoms with E-state index in [-0.39, 0.29) is 0 Å². The van der Waals surface area contributed by atoms with Gasteiger partial charge in [-0.15, -0.1) is 0 Å². The maximum Gasteiger partial charge on any atom is 0.412 e. The lowest BCUT2D eigenvalue weighted by molar-refractivity contribution is 0.167. The van der Waals surface area contributed by atoms with Crippen molar-refractivity contribution in [2.24, 2.45) is 7.05 Å². The Labute approximate surface area is 70.3 Å². The van der Waals surface area contributed by atoms with Crippen molar-refractivity contribution in [3.63, 3.8) is 0 Å². The second-order valence-corrected chi connectivity index (χ2v) is 2.19. The molecule has 66 valence electrons. The van der Waals surface area contributed by atoms with E-state index in [1.807, 2.05) is 0 Å². The number of amides is 1. The van der Waals surface area contributed by atoms with E-state index < -0.39 is 6.09 Å². The average molecular weight is 169 g/mol. The molecule has 1 aromatic rings. The highest BCUT2D eigenvalue weighted by molar-refractivity contribution is 5.83. The standard InChI is InChI=1S/C7H11N3O2/c1-3-12-7(11)9-6-4-5-8-10(6)2/h4-5H,3H2,1-2H3,(H,9,11). The number of rotatable bonds is 2. The van der Waals surface area contributed by atoms with Gasteiger partial charge in [-0.25, -0.2) is 4.79 Å². The number of carbonyl (C=O) groups is 1.